The van der Waals surface area contributed by atoms with Crippen molar-refractivity contribution in [2.45, 2.75) is 59.1 Å². The number of nitrogens with zero attached hydrogens (tertiary/aromatic N) is 1. The third kappa shape index (κ3) is 6.15. The summed E-state index contributed by atoms with van der Waals surface area (Å²) in [6, 6.07) is 19.9. The zero-order chi connectivity index (χ0) is 29.8. The van der Waals surface area contributed by atoms with Crippen LogP contribution >= 0.6 is 0 Å². The van der Waals surface area contributed by atoms with Crippen molar-refractivity contribution in [1.29, 1.82) is 0 Å². The lowest BCUT2D eigenvalue weighted by molar-refractivity contribution is -0.139. The first-order valence-corrected chi connectivity index (χ1v) is 14.8. The highest BCUT2D eigenvalue weighted by molar-refractivity contribution is 6.46. The summed E-state index contributed by atoms with van der Waals surface area (Å²) >= 11 is 0. The Hall–Kier alpha value is -4.26. The smallest absolute Gasteiger partial charge is 0.295 e. The summed E-state index contributed by atoms with van der Waals surface area (Å²) in [4.78, 5) is 28.7. The lowest BCUT2D eigenvalue weighted by Crippen LogP contribution is -2.31. The molecule has 3 aromatic carbocycles. The van der Waals surface area contributed by atoms with E-state index in [-0.39, 0.29) is 17.4 Å². The standard InChI is InChI=1S/C35H39NO6/c1-5-40-30-21-25(11-14-29(30)41-18-16-22(2)3)32-31(33(37)26-12-13-28-27(20-26)19-23(4)42-28)34(38)35(39)36(32)17-15-24-9-7-6-8-10-24/h6-14,20-23,32,37H,5,15-19H2,1-4H3. The van der Waals surface area contributed by atoms with E-state index in [0.717, 1.165) is 23.3 Å². The lowest BCUT2D eigenvalue weighted by Gasteiger charge is -2.26. The van der Waals surface area contributed by atoms with E-state index in [1.807, 2.05) is 74.5 Å². The summed E-state index contributed by atoms with van der Waals surface area (Å²) in [5.74, 6) is 0.882. The van der Waals surface area contributed by atoms with Crippen molar-refractivity contribution in [3.05, 3.63) is 94.6 Å². The highest BCUT2D eigenvalue weighted by Gasteiger charge is 2.46. The number of Topliss-reactive ketones (excluding diaryl/α,β-unsaturated/α-hetero) is 1. The van der Waals surface area contributed by atoms with Gasteiger partial charge in [-0.3, -0.25) is 9.59 Å². The molecule has 220 valence electrons. The van der Waals surface area contributed by atoms with E-state index in [2.05, 4.69) is 13.8 Å². The number of carbonyl (C=O) groups excluding carboxylic acids is 2. The molecule has 2 aliphatic rings. The first-order valence-electron chi connectivity index (χ1n) is 14.8. The molecule has 7 heteroatoms. The molecule has 0 saturated carbocycles. The number of fused-ring (bicyclic) bond motifs is 1. The third-order valence-corrected chi connectivity index (χ3v) is 7.73. The van der Waals surface area contributed by atoms with Crippen LogP contribution in [0.25, 0.3) is 5.76 Å². The maximum Gasteiger partial charge on any atom is 0.295 e. The maximum atomic E-state index is 13.6. The number of benzene rings is 3. The van der Waals surface area contributed by atoms with Crippen LogP contribution in [0.3, 0.4) is 0 Å². The van der Waals surface area contributed by atoms with Crippen LogP contribution in [0.2, 0.25) is 0 Å². The van der Waals surface area contributed by atoms with Crippen LogP contribution in [0.4, 0.5) is 0 Å². The molecule has 2 aliphatic heterocycles. The number of amides is 1. The van der Waals surface area contributed by atoms with Crippen molar-refractivity contribution in [2.24, 2.45) is 5.92 Å². The summed E-state index contributed by atoms with van der Waals surface area (Å²) in [6.45, 7) is 9.45. The van der Waals surface area contributed by atoms with Crippen LogP contribution in [0.1, 0.15) is 62.4 Å². The second-order valence-corrected chi connectivity index (χ2v) is 11.4. The van der Waals surface area contributed by atoms with Crippen LogP contribution in [0.15, 0.2) is 72.3 Å². The van der Waals surface area contributed by atoms with Crippen LogP contribution in [0, 0.1) is 5.92 Å². The van der Waals surface area contributed by atoms with Gasteiger partial charge in [0.05, 0.1) is 24.8 Å². The average Bonchev–Trinajstić information content (AvgIpc) is 3.47. The SMILES string of the molecule is CCOc1cc(C2C(=C(O)c3ccc4c(c3)CC(C)O4)C(=O)C(=O)N2CCc2ccccc2)ccc1OCCC(C)C. The molecule has 7 nitrogen and oxygen atoms in total. The van der Waals surface area contributed by atoms with Gasteiger partial charge in [-0.2, -0.15) is 0 Å². The zero-order valence-electron chi connectivity index (χ0n) is 24.8. The van der Waals surface area contributed by atoms with Crippen molar-refractivity contribution >= 4 is 17.4 Å². The van der Waals surface area contributed by atoms with Crippen molar-refractivity contribution in [2.75, 3.05) is 19.8 Å². The minimum atomic E-state index is -0.791. The van der Waals surface area contributed by atoms with E-state index in [1.54, 1.807) is 11.0 Å². The van der Waals surface area contributed by atoms with Gasteiger partial charge in [-0.15, -0.1) is 0 Å². The van der Waals surface area contributed by atoms with E-state index in [1.165, 1.54) is 0 Å². The van der Waals surface area contributed by atoms with Crippen LogP contribution < -0.4 is 14.2 Å². The highest BCUT2D eigenvalue weighted by atomic mass is 16.5. The summed E-state index contributed by atoms with van der Waals surface area (Å²) in [5.41, 5.74) is 3.23. The van der Waals surface area contributed by atoms with Gasteiger partial charge in [-0.25, -0.2) is 0 Å². The summed E-state index contributed by atoms with van der Waals surface area (Å²) in [7, 11) is 0. The predicted molar refractivity (Wildman–Crippen MR) is 162 cm³/mol. The average molecular weight is 570 g/mol. The number of rotatable bonds is 11. The molecule has 0 radical (unpaired) electrons. The van der Waals surface area contributed by atoms with Gasteiger partial charge in [-0.05, 0) is 79.6 Å². The van der Waals surface area contributed by atoms with Gasteiger partial charge in [0.15, 0.2) is 11.5 Å². The third-order valence-electron chi connectivity index (χ3n) is 7.73. The topological polar surface area (TPSA) is 85.3 Å². The second kappa shape index (κ2) is 12.7. The number of hydrogen-bond acceptors (Lipinski definition) is 6. The van der Waals surface area contributed by atoms with E-state index < -0.39 is 17.7 Å². The fraction of sp³-hybridized carbons (Fsp3) is 0.371. The number of carbonyl (C=O) groups is 2. The Balaban J connectivity index is 1.56. The molecule has 0 aromatic heterocycles. The van der Waals surface area contributed by atoms with E-state index in [0.29, 0.717) is 61.1 Å². The molecule has 1 amide bonds. The first-order chi connectivity index (χ1) is 20.3. The molecule has 1 saturated heterocycles. The molecular formula is C35H39NO6. The van der Waals surface area contributed by atoms with Crippen LogP contribution in [-0.4, -0.2) is 47.6 Å². The molecule has 2 heterocycles. The molecule has 0 bridgehead atoms. The summed E-state index contributed by atoms with van der Waals surface area (Å²) < 4.78 is 17.8. The van der Waals surface area contributed by atoms with E-state index >= 15 is 0 Å². The zero-order valence-corrected chi connectivity index (χ0v) is 24.8. The summed E-state index contributed by atoms with van der Waals surface area (Å²) in [6.07, 6.45) is 2.21. The Kier molecular flexibility index (Phi) is 8.86. The number of ketones is 1. The quantitative estimate of drug-likeness (QED) is 0.161. The number of aliphatic hydroxyl groups is 1. The molecule has 1 N–H and O–H groups in total. The van der Waals surface area contributed by atoms with E-state index in [4.69, 9.17) is 14.2 Å². The Bertz CT molecular complexity index is 1480. The van der Waals surface area contributed by atoms with Gasteiger partial charge in [-0.1, -0.05) is 50.2 Å². The Labute approximate surface area is 247 Å². The first kappa shape index (κ1) is 29.2. The van der Waals surface area contributed by atoms with Gasteiger partial charge in [0.25, 0.3) is 11.7 Å². The van der Waals surface area contributed by atoms with Crippen molar-refractivity contribution in [3.63, 3.8) is 0 Å². The molecule has 2 atom stereocenters. The largest absolute Gasteiger partial charge is 0.507 e. The number of ether oxygens (including phenoxy) is 3. The Morgan fingerprint density at radius 2 is 1.81 bits per heavy atom. The van der Waals surface area contributed by atoms with Crippen molar-refractivity contribution in [3.8, 4) is 17.2 Å². The van der Waals surface area contributed by atoms with Gasteiger partial charge in [0, 0.05) is 18.5 Å². The minimum Gasteiger partial charge on any atom is -0.507 e. The molecular weight excluding hydrogens is 530 g/mol. The fourth-order valence-corrected chi connectivity index (χ4v) is 5.56. The lowest BCUT2D eigenvalue weighted by atomic mass is 9.94. The fourth-order valence-electron chi connectivity index (χ4n) is 5.56. The molecule has 2 unspecified atom stereocenters. The van der Waals surface area contributed by atoms with Crippen molar-refractivity contribution in [1.82, 2.24) is 4.90 Å². The Morgan fingerprint density at radius 3 is 2.55 bits per heavy atom. The number of hydrogen-bond donors (Lipinski definition) is 1. The van der Waals surface area contributed by atoms with E-state index in [9.17, 15) is 14.7 Å². The normalized spacial score (nSPS) is 19.2. The molecule has 42 heavy (non-hydrogen) atoms. The minimum absolute atomic E-state index is 0.0409. The molecule has 1 fully saturated rings. The number of aliphatic hydroxyl groups excluding tert-OH is 1. The monoisotopic (exact) mass is 569 g/mol. The highest BCUT2D eigenvalue weighted by Crippen LogP contribution is 2.43. The Morgan fingerprint density at radius 1 is 1.02 bits per heavy atom. The predicted octanol–water partition coefficient (Wildman–Crippen LogP) is 6.50. The van der Waals surface area contributed by atoms with Gasteiger partial charge < -0.3 is 24.2 Å². The van der Waals surface area contributed by atoms with Crippen molar-refractivity contribution < 1.29 is 28.9 Å². The van der Waals surface area contributed by atoms with Gasteiger partial charge >= 0.3 is 0 Å². The molecule has 0 spiro atoms. The number of likely N-dealkylation sites (tertiary alicyclic amines) is 1. The summed E-state index contributed by atoms with van der Waals surface area (Å²) in [5, 5.41) is 11.6. The maximum absolute atomic E-state index is 13.6. The molecule has 0 aliphatic carbocycles. The van der Waals surface area contributed by atoms with Gasteiger partial charge in [0.1, 0.15) is 17.6 Å². The van der Waals surface area contributed by atoms with Gasteiger partial charge in [0.2, 0.25) is 0 Å². The molecule has 3 aromatic rings. The van der Waals surface area contributed by atoms with Crippen LogP contribution in [-0.2, 0) is 22.4 Å². The second-order valence-electron chi connectivity index (χ2n) is 11.4. The van der Waals surface area contributed by atoms with Crippen LogP contribution in [0.5, 0.6) is 17.2 Å². The molecule has 5 rings (SSSR count).